The summed E-state index contributed by atoms with van der Waals surface area (Å²) >= 11 is 11.0. The van der Waals surface area contributed by atoms with Crippen LogP contribution in [-0.4, -0.2) is 56.6 Å². The van der Waals surface area contributed by atoms with Crippen molar-refractivity contribution in [2.24, 2.45) is 0 Å². The zero-order chi connectivity index (χ0) is 64.5. The third-order valence-corrected chi connectivity index (χ3v) is 17.8. The van der Waals surface area contributed by atoms with E-state index in [1.165, 1.54) is 137 Å². The van der Waals surface area contributed by atoms with Crippen LogP contribution in [0.3, 0.4) is 0 Å². The Hall–Kier alpha value is -8.49. The number of nitrogens with zero attached hydrogens (tertiary/aromatic N) is 8. The Balaban J connectivity index is 0.000000338. The molecular weight excluding hydrogens is 1280 g/mol. The van der Waals surface area contributed by atoms with Crippen molar-refractivity contribution in [1.29, 1.82) is 0 Å². The van der Waals surface area contributed by atoms with Gasteiger partial charge in [0.1, 0.15) is 15.7 Å². The van der Waals surface area contributed by atoms with Crippen molar-refractivity contribution in [1.82, 2.24) is 24.1 Å². The number of rotatable bonds is 8. The molecule has 0 aliphatic rings. The number of thiocarbonyl (C=S) groups is 2. The Morgan fingerprint density at radius 2 is 0.789 bits per heavy atom. The summed E-state index contributed by atoms with van der Waals surface area (Å²) in [6, 6.07) is 51.3. The zero-order valence-corrected chi connectivity index (χ0v) is 57.2. The van der Waals surface area contributed by atoms with Crippen molar-refractivity contribution in [3.8, 4) is 53.7 Å². The van der Waals surface area contributed by atoms with Gasteiger partial charge in [0.2, 0.25) is 0 Å². The largest absolute Gasteiger partial charge is 3.00 e. The topological polar surface area (TPSA) is 172 Å². The molecule has 4 aromatic carbocycles. The first-order chi connectivity index (χ1) is 42.0. The predicted molar refractivity (Wildman–Crippen MR) is 374 cm³/mol. The van der Waals surface area contributed by atoms with E-state index < -0.39 is 11.9 Å². The second-order valence-electron chi connectivity index (χ2n) is 25.7. The van der Waals surface area contributed by atoms with Gasteiger partial charge in [-0.3, -0.25) is 15.0 Å². The molecule has 0 aliphatic carbocycles. The van der Waals surface area contributed by atoms with E-state index in [-0.39, 0.29) is 52.3 Å². The fraction of sp³-hybridized carbons (Fsp3) is 0.219. The molecule has 0 saturated carbocycles. The van der Waals surface area contributed by atoms with E-state index in [1.54, 1.807) is 0 Å². The number of carbonyl (C=O) groups is 2. The number of benzene rings is 4. The van der Waals surface area contributed by atoms with E-state index in [4.69, 9.17) is 31.0 Å². The van der Waals surface area contributed by atoms with Gasteiger partial charge in [0.05, 0.1) is 50.9 Å². The first kappa shape index (κ1) is 67.4. The summed E-state index contributed by atoms with van der Waals surface area (Å²) in [5.74, 6) is -2.15. The molecule has 12 aromatic rings. The van der Waals surface area contributed by atoms with Crippen molar-refractivity contribution in [2.45, 2.75) is 105 Å². The van der Waals surface area contributed by atoms with Gasteiger partial charge < -0.3 is 34.7 Å². The molecule has 0 atom stereocenters. The van der Waals surface area contributed by atoms with E-state index in [1.807, 2.05) is 35.1 Å². The molecule has 12 rings (SSSR count). The van der Waals surface area contributed by atoms with E-state index >= 15 is 0 Å². The summed E-state index contributed by atoms with van der Waals surface area (Å²) in [6.45, 7) is 27.5. The van der Waals surface area contributed by atoms with Gasteiger partial charge in [-0.15, -0.1) is 22.7 Å². The maximum absolute atomic E-state index is 10.9. The summed E-state index contributed by atoms with van der Waals surface area (Å²) < 4.78 is 6.33. The normalized spacial score (nSPS) is 11.6. The van der Waals surface area contributed by atoms with E-state index in [0.717, 1.165) is 22.5 Å². The minimum atomic E-state index is -1.08. The van der Waals surface area contributed by atoms with Gasteiger partial charge in [-0.25, -0.2) is 9.59 Å². The average Bonchev–Trinajstić information content (AvgIpc) is 1.61. The summed E-state index contributed by atoms with van der Waals surface area (Å²) in [5.41, 5.74) is 15.5. The summed E-state index contributed by atoms with van der Waals surface area (Å²) in [5, 5.41) is 42.4. The quantitative estimate of drug-likeness (QED) is 0.0494. The Bertz CT molecular complexity index is 4380. The summed E-state index contributed by atoms with van der Waals surface area (Å²) in [7, 11) is 3.71. The number of aromatic nitrogens is 6. The number of carboxylic acids is 2. The SMILES string of the molecule is CC(C)(C)c1ccc2c(c1)c1cc(C(C)(C)C)ccc1n2-c1ccc(-c2ccnc(-c3cc(-c4ccc(-n5c6ccc(C(C)(C)C)cc6c6cc(C(C)(C)C)ccc65)s4)ccn3)c2)s1.[CH2-][n+]1ccc(C(=O)O)cc1-c1cc(C(=O)O)ccn1.[N-]=C=S.[N-]=C=S.[Ru+3]. The molecule has 90 heavy (non-hydrogen) atoms. The van der Waals surface area contributed by atoms with Crippen molar-refractivity contribution < 1.29 is 43.8 Å². The van der Waals surface area contributed by atoms with Crippen LogP contribution in [0.4, 0.5) is 0 Å². The van der Waals surface area contributed by atoms with Crippen LogP contribution >= 0.6 is 47.1 Å². The summed E-state index contributed by atoms with van der Waals surface area (Å²) in [4.78, 5) is 38.0. The first-order valence-electron chi connectivity index (χ1n) is 28.7. The van der Waals surface area contributed by atoms with Crippen molar-refractivity contribution in [3.63, 3.8) is 0 Å². The molecule has 0 amide bonds. The second-order valence-corrected chi connectivity index (χ2v) is 28.2. The van der Waals surface area contributed by atoms with Gasteiger partial charge in [0.25, 0.3) is 0 Å². The monoisotopic (exact) mass is 1350 g/mol. The molecule has 8 heterocycles. The van der Waals surface area contributed by atoms with Crippen LogP contribution in [0.5, 0.6) is 0 Å². The van der Waals surface area contributed by atoms with Crippen LogP contribution in [0.1, 0.15) is 126 Å². The molecule has 0 fully saturated rings. The molecule has 1 radical (unpaired) electrons. The zero-order valence-electron chi connectivity index (χ0n) is 52.1. The molecule has 0 saturated heterocycles. The molecule has 2 N–H and O–H groups in total. The van der Waals surface area contributed by atoms with Crippen LogP contribution in [0.15, 0.2) is 170 Å². The molecule has 455 valence electrons. The fourth-order valence-corrected chi connectivity index (χ4v) is 12.7. The Morgan fingerprint density at radius 1 is 0.467 bits per heavy atom. The van der Waals surface area contributed by atoms with Gasteiger partial charge in [-0.1, -0.05) is 132 Å². The number of hydrogen-bond donors (Lipinski definition) is 2. The average molecular weight is 1350 g/mol. The first-order valence-corrected chi connectivity index (χ1v) is 31.1. The number of hydrogen-bond acceptors (Lipinski definition) is 9. The number of pyridine rings is 4. The van der Waals surface area contributed by atoms with E-state index in [2.05, 4.69) is 250 Å². The van der Waals surface area contributed by atoms with Gasteiger partial charge in [0, 0.05) is 62.5 Å². The van der Waals surface area contributed by atoms with Crippen LogP contribution in [0, 0.1) is 7.05 Å². The van der Waals surface area contributed by atoms with Crippen molar-refractivity contribution in [3.05, 3.63) is 222 Å². The number of carboxylic acid groups (broad SMARTS) is 2. The molecular formula is C73H68N8O4RuS4+. The minimum Gasteiger partial charge on any atom is -0.753 e. The van der Waals surface area contributed by atoms with Crippen LogP contribution in [0.25, 0.3) is 108 Å². The van der Waals surface area contributed by atoms with Gasteiger partial charge in [-0.2, -0.15) is 10.3 Å². The maximum atomic E-state index is 10.9. The molecule has 17 heteroatoms. The third kappa shape index (κ3) is 14.4. The molecule has 12 nitrogen and oxygen atoms in total. The maximum Gasteiger partial charge on any atom is 3.00 e. The number of aromatic carboxylic acids is 2. The summed E-state index contributed by atoms with van der Waals surface area (Å²) in [6.07, 6.45) is 6.67. The smallest absolute Gasteiger partial charge is 0.753 e. The van der Waals surface area contributed by atoms with E-state index in [0.29, 0.717) is 11.4 Å². The van der Waals surface area contributed by atoms with Crippen molar-refractivity contribution >= 4 is 113 Å². The third-order valence-electron chi connectivity index (χ3n) is 15.5. The van der Waals surface area contributed by atoms with Crippen LogP contribution in [0.2, 0.25) is 0 Å². The second kappa shape index (κ2) is 26.9. The Labute approximate surface area is 556 Å². The van der Waals surface area contributed by atoms with Gasteiger partial charge in [-0.05, 0) is 176 Å². The number of fused-ring (bicyclic) bond motifs is 6. The standard InChI is InChI=1S/C58H58N4S2.C13H10N2O4.2CNS.Ru/c1-55(2,3)37-13-17-47-41(31-37)42-32-38(56(4,5)6)14-18-48(42)61(47)53-23-21-51(63-53)35-25-27-59-45(29-35)46-30-36(26-28-60-46)52-22-24-54(64-52)62-49-19-15-39(57(7,8)9)33-43(49)44-34-40(58(10,11)12)16-20-50(44)62;1-15-5-3-9(13(18)19)7-11(15)10-6-8(12(16)17)2-4-14-10;2*2-1-3;/h13-34H,1-12H3;2-7H,1H2,(H,16,17)(H,18,19);;;/q;;2*-1;+3. The molecule has 0 aliphatic heterocycles. The number of thiophene rings is 2. The van der Waals surface area contributed by atoms with Gasteiger partial charge in [0.15, 0.2) is 0 Å². The fourth-order valence-electron chi connectivity index (χ4n) is 10.6. The van der Waals surface area contributed by atoms with Crippen LogP contribution in [-0.2, 0) is 41.1 Å². The Morgan fingerprint density at radius 3 is 1.12 bits per heavy atom. The predicted octanol–water partition coefficient (Wildman–Crippen LogP) is 19.4. The van der Waals surface area contributed by atoms with Crippen LogP contribution < -0.4 is 4.57 Å². The molecule has 0 bridgehead atoms. The molecule has 8 aromatic heterocycles. The van der Waals surface area contributed by atoms with E-state index in [9.17, 15) is 9.59 Å². The van der Waals surface area contributed by atoms with Gasteiger partial charge >= 0.3 is 31.4 Å². The molecule has 0 unspecified atom stereocenters. The molecule has 0 spiro atoms. The van der Waals surface area contributed by atoms with Crippen molar-refractivity contribution in [2.75, 3.05) is 0 Å². The Kier molecular flexibility index (Phi) is 20.2. The number of isothiocyanates is 2. The minimum absolute atomic E-state index is 0.